The lowest BCUT2D eigenvalue weighted by Gasteiger charge is -2.12. The van der Waals surface area contributed by atoms with Crippen LogP contribution in [0.4, 0.5) is 0 Å². The minimum absolute atomic E-state index is 0.0208. The van der Waals surface area contributed by atoms with Gasteiger partial charge in [-0.2, -0.15) is 0 Å². The van der Waals surface area contributed by atoms with Crippen LogP contribution in [0.1, 0.15) is 38.8 Å². The van der Waals surface area contributed by atoms with Gasteiger partial charge in [0.1, 0.15) is 17.2 Å². The number of phenols is 3. The Labute approximate surface area is 114 Å². The van der Waals surface area contributed by atoms with Crippen LogP contribution in [0.15, 0.2) is 29.4 Å². The molecule has 1 rings (SSSR count). The van der Waals surface area contributed by atoms with Crippen molar-refractivity contribution >= 4 is 0 Å². The summed E-state index contributed by atoms with van der Waals surface area (Å²) in [4.78, 5) is 0. The van der Waals surface area contributed by atoms with Crippen molar-refractivity contribution in [1.82, 2.24) is 0 Å². The SMILES string of the molecule is CC(C)=CCc1c(O)cc(O)c(CC=C(C)C)c1O. The zero-order valence-electron chi connectivity index (χ0n) is 12.0. The van der Waals surface area contributed by atoms with Crippen LogP contribution in [0.2, 0.25) is 0 Å². The van der Waals surface area contributed by atoms with Crippen molar-refractivity contribution in [3.8, 4) is 17.2 Å². The van der Waals surface area contributed by atoms with Gasteiger partial charge in [-0.05, 0) is 40.5 Å². The molecule has 3 N–H and O–H groups in total. The van der Waals surface area contributed by atoms with Gasteiger partial charge in [0.2, 0.25) is 0 Å². The summed E-state index contributed by atoms with van der Waals surface area (Å²) in [5, 5.41) is 29.8. The van der Waals surface area contributed by atoms with E-state index < -0.39 is 0 Å². The van der Waals surface area contributed by atoms with Crippen LogP contribution in [0.3, 0.4) is 0 Å². The van der Waals surface area contributed by atoms with Crippen molar-refractivity contribution in [3.63, 3.8) is 0 Å². The first-order valence-corrected chi connectivity index (χ1v) is 6.35. The van der Waals surface area contributed by atoms with E-state index in [0.717, 1.165) is 11.1 Å². The van der Waals surface area contributed by atoms with Gasteiger partial charge in [0.05, 0.1) is 0 Å². The molecule has 0 aliphatic carbocycles. The minimum Gasteiger partial charge on any atom is -0.507 e. The maximum absolute atomic E-state index is 10.2. The quantitative estimate of drug-likeness (QED) is 0.723. The monoisotopic (exact) mass is 262 g/mol. The summed E-state index contributed by atoms with van der Waals surface area (Å²) in [5.74, 6) is -0.172. The van der Waals surface area contributed by atoms with Crippen LogP contribution in [-0.4, -0.2) is 15.3 Å². The van der Waals surface area contributed by atoms with Gasteiger partial charge in [-0.1, -0.05) is 23.3 Å². The summed E-state index contributed by atoms with van der Waals surface area (Å²) in [6.45, 7) is 7.83. The second-order valence-electron chi connectivity index (χ2n) is 5.19. The topological polar surface area (TPSA) is 60.7 Å². The summed E-state index contributed by atoms with van der Waals surface area (Å²) in [5.41, 5.74) is 3.13. The number of hydrogen-bond donors (Lipinski definition) is 3. The van der Waals surface area contributed by atoms with E-state index in [1.807, 2.05) is 39.8 Å². The summed E-state index contributed by atoms with van der Waals surface area (Å²) in [6, 6.07) is 1.29. The van der Waals surface area contributed by atoms with Gasteiger partial charge in [0, 0.05) is 17.2 Å². The molecule has 0 atom stereocenters. The second kappa shape index (κ2) is 6.32. The highest BCUT2D eigenvalue weighted by molar-refractivity contribution is 5.56. The summed E-state index contributed by atoms with van der Waals surface area (Å²) in [6.07, 6.45) is 4.75. The lowest BCUT2D eigenvalue weighted by molar-refractivity contribution is 0.414. The number of phenolic OH excluding ortho intramolecular Hbond substituents is 3. The molecule has 0 bridgehead atoms. The highest BCUT2D eigenvalue weighted by atomic mass is 16.3. The highest BCUT2D eigenvalue weighted by Gasteiger charge is 2.15. The minimum atomic E-state index is -0.0755. The Morgan fingerprint density at radius 3 is 1.53 bits per heavy atom. The molecule has 19 heavy (non-hydrogen) atoms. The number of hydrogen-bond acceptors (Lipinski definition) is 3. The third-order valence-electron chi connectivity index (χ3n) is 2.89. The molecule has 104 valence electrons. The lowest BCUT2D eigenvalue weighted by atomic mass is 10.00. The molecule has 0 radical (unpaired) electrons. The molecule has 1 aromatic carbocycles. The molecule has 1 aromatic rings. The van der Waals surface area contributed by atoms with Gasteiger partial charge in [0.25, 0.3) is 0 Å². The molecule has 0 aromatic heterocycles. The Kier molecular flexibility index (Phi) is 5.04. The Morgan fingerprint density at radius 2 is 1.21 bits per heavy atom. The number of allylic oxidation sites excluding steroid dienone is 4. The molecule has 3 nitrogen and oxygen atoms in total. The van der Waals surface area contributed by atoms with E-state index in [9.17, 15) is 15.3 Å². The van der Waals surface area contributed by atoms with Gasteiger partial charge in [0.15, 0.2) is 0 Å². The van der Waals surface area contributed by atoms with Gasteiger partial charge >= 0.3 is 0 Å². The van der Waals surface area contributed by atoms with Crippen molar-refractivity contribution in [3.05, 3.63) is 40.5 Å². The number of aromatic hydroxyl groups is 3. The summed E-state index contributed by atoms with van der Waals surface area (Å²) >= 11 is 0. The first-order valence-electron chi connectivity index (χ1n) is 6.35. The maximum atomic E-state index is 10.2. The third kappa shape index (κ3) is 4.05. The van der Waals surface area contributed by atoms with E-state index >= 15 is 0 Å². The Balaban J connectivity index is 3.22. The molecule has 0 amide bonds. The van der Waals surface area contributed by atoms with E-state index in [4.69, 9.17) is 0 Å². The highest BCUT2D eigenvalue weighted by Crippen LogP contribution is 2.38. The van der Waals surface area contributed by atoms with Crippen LogP contribution >= 0.6 is 0 Å². The molecular formula is C16H22O3. The molecule has 0 saturated carbocycles. The lowest BCUT2D eigenvalue weighted by Crippen LogP contribution is -1.92. The van der Waals surface area contributed by atoms with E-state index in [1.54, 1.807) is 0 Å². The summed E-state index contributed by atoms with van der Waals surface area (Å²) in [7, 11) is 0. The van der Waals surface area contributed by atoms with E-state index in [-0.39, 0.29) is 17.2 Å². The average Bonchev–Trinajstić information content (AvgIpc) is 2.27. The Morgan fingerprint density at radius 1 is 0.842 bits per heavy atom. The Bertz CT molecular complexity index is 473. The van der Waals surface area contributed by atoms with Gasteiger partial charge in [-0.25, -0.2) is 0 Å². The van der Waals surface area contributed by atoms with Crippen molar-refractivity contribution in [2.75, 3.05) is 0 Å². The van der Waals surface area contributed by atoms with Gasteiger partial charge in [-0.3, -0.25) is 0 Å². The van der Waals surface area contributed by atoms with E-state index in [1.165, 1.54) is 6.07 Å². The molecule has 0 aliphatic rings. The fourth-order valence-corrected chi connectivity index (χ4v) is 1.74. The van der Waals surface area contributed by atoms with Crippen LogP contribution in [-0.2, 0) is 12.8 Å². The molecule has 0 saturated heterocycles. The third-order valence-corrected chi connectivity index (χ3v) is 2.89. The smallest absolute Gasteiger partial charge is 0.129 e. The standard InChI is InChI=1S/C16H22O3/c1-10(2)5-7-12-14(17)9-15(18)13(16(12)19)8-6-11(3)4/h5-6,9,17-19H,7-8H2,1-4H3. The maximum Gasteiger partial charge on any atom is 0.129 e. The fraction of sp³-hybridized carbons (Fsp3) is 0.375. The first kappa shape index (κ1) is 15.2. The van der Waals surface area contributed by atoms with Crippen LogP contribution < -0.4 is 0 Å². The fourth-order valence-electron chi connectivity index (χ4n) is 1.74. The zero-order chi connectivity index (χ0) is 14.6. The molecule has 0 unspecified atom stereocenters. The average molecular weight is 262 g/mol. The molecular weight excluding hydrogens is 240 g/mol. The molecule has 0 heterocycles. The van der Waals surface area contributed by atoms with Gasteiger partial charge < -0.3 is 15.3 Å². The van der Waals surface area contributed by atoms with Crippen molar-refractivity contribution in [2.24, 2.45) is 0 Å². The summed E-state index contributed by atoms with van der Waals surface area (Å²) < 4.78 is 0. The predicted octanol–water partition coefficient (Wildman–Crippen LogP) is 3.82. The van der Waals surface area contributed by atoms with E-state index in [0.29, 0.717) is 24.0 Å². The van der Waals surface area contributed by atoms with Crippen LogP contribution in [0, 0.1) is 0 Å². The van der Waals surface area contributed by atoms with Crippen molar-refractivity contribution in [2.45, 2.75) is 40.5 Å². The first-order chi connectivity index (χ1) is 8.82. The zero-order valence-corrected chi connectivity index (χ0v) is 12.0. The van der Waals surface area contributed by atoms with Gasteiger partial charge in [-0.15, -0.1) is 0 Å². The molecule has 3 heteroatoms. The van der Waals surface area contributed by atoms with Crippen molar-refractivity contribution in [1.29, 1.82) is 0 Å². The number of rotatable bonds is 4. The Hall–Kier alpha value is -1.90. The molecule has 0 spiro atoms. The van der Waals surface area contributed by atoms with Crippen LogP contribution in [0.5, 0.6) is 17.2 Å². The molecule has 0 fully saturated rings. The second-order valence-corrected chi connectivity index (χ2v) is 5.19. The van der Waals surface area contributed by atoms with Crippen molar-refractivity contribution < 1.29 is 15.3 Å². The van der Waals surface area contributed by atoms with E-state index in [2.05, 4.69) is 0 Å². The largest absolute Gasteiger partial charge is 0.507 e. The number of benzene rings is 1. The normalized spacial score (nSPS) is 10.1. The molecule has 0 aliphatic heterocycles. The van der Waals surface area contributed by atoms with Crippen LogP contribution in [0.25, 0.3) is 0 Å². The predicted molar refractivity (Wildman–Crippen MR) is 77.7 cm³/mol.